The second-order valence-electron chi connectivity index (χ2n) is 5.51. The van der Waals surface area contributed by atoms with Gasteiger partial charge >= 0.3 is 0 Å². The second kappa shape index (κ2) is 17.7. The van der Waals surface area contributed by atoms with Gasteiger partial charge in [0.25, 0.3) is 0 Å². The molecule has 0 bridgehead atoms. The van der Waals surface area contributed by atoms with Crippen LogP contribution in [-0.2, 0) is 0 Å². The molecule has 136 valence electrons. The van der Waals surface area contributed by atoms with E-state index in [4.69, 9.17) is 0 Å². The van der Waals surface area contributed by atoms with Crippen molar-refractivity contribution in [2.75, 3.05) is 85.3 Å². The zero-order valence-corrected chi connectivity index (χ0v) is 14.4. The van der Waals surface area contributed by atoms with Gasteiger partial charge in [0.15, 0.2) is 0 Å². The van der Waals surface area contributed by atoms with Crippen molar-refractivity contribution in [3.63, 3.8) is 0 Å². The molecule has 0 aromatic rings. The monoisotopic (exact) mass is 328 g/mol. The van der Waals surface area contributed by atoms with Crippen LogP contribution in [0.2, 0.25) is 0 Å². The Hall–Kier alpha value is -0.610. The maximum Gasteiger partial charge on any atom is 0.0883 e. The third-order valence-electron chi connectivity index (χ3n) is 3.44. The highest BCUT2D eigenvalue weighted by Crippen LogP contribution is 1.76. The largest absolute Gasteiger partial charge is 0.315 e. The van der Waals surface area contributed by atoms with Crippen LogP contribution in [0.25, 0.3) is 0 Å². The quantitative estimate of drug-likeness (QED) is 0.264. The Kier molecular flexibility index (Phi) is 15.8. The van der Waals surface area contributed by atoms with Gasteiger partial charge in [-0.2, -0.15) is 0 Å². The summed E-state index contributed by atoms with van der Waals surface area (Å²) in [5.74, 6) is 0. The molecule has 4 rings (SSSR count). The summed E-state index contributed by atoms with van der Waals surface area (Å²) in [7, 11) is 0. The first-order valence-electron chi connectivity index (χ1n) is 8.93. The molecule has 0 amide bonds. The van der Waals surface area contributed by atoms with E-state index in [1.165, 1.54) is 19.5 Å². The lowest BCUT2D eigenvalue weighted by Gasteiger charge is -2.11. The predicted molar refractivity (Wildman–Crippen MR) is 98.3 cm³/mol. The van der Waals surface area contributed by atoms with Crippen LogP contribution >= 0.6 is 0 Å². The summed E-state index contributed by atoms with van der Waals surface area (Å²) in [6.45, 7) is 14.3. The molecule has 0 unspecified atom stereocenters. The summed E-state index contributed by atoms with van der Waals surface area (Å²) in [5, 5.41) is 22.2. The van der Waals surface area contributed by atoms with Crippen molar-refractivity contribution in [3.8, 4) is 0 Å². The third-order valence-corrected chi connectivity index (χ3v) is 3.44. The Bertz CT molecular complexity index is 209. The number of hydrogen-bond donors (Lipinski definition) is 7. The van der Waals surface area contributed by atoms with E-state index in [2.05, 4.69) is 42.2 Å². The number of nitrogens with zero attached hydrogens (tertiary/aromatic N) is 1. The molecule has 4 aliphatic rings. The fraction of sp³-hybridized carbons (Fsp3) is 0.933. The van der Waals surface area contributed by atoms with Crippen LogP contribution in [0.15, 0.2) is 4.99 Å². The lowest BCUT2D eigenvalue weighted by Crippen LogP contribution is -2.39. The van der Waals surface area contributed by atoms with Crippen molar-refractivity contribution in [2.45, 2.75) is 6.42 Å². The van der Waals surface area contributed by atoms with Gasteiger partial charge in [0.1, 0.15) is 0 Å². The van der Waals surface area contributed by atoms with Crippen LogP contribution in [0.3, 0.4) is 0 Å². The van der Waals surface area contributed by atoms with E-state index in [0.29, 0.717) is 0 Å². The molecule has 0 aromatic heterocycles. The standard InChI is InChI=1S/C5H12N2.C4H10N2.C3H8N2.C3H6N2/c1-2-6-4-5-7-3-1;1-2-6-4-3-5-1;2*1-2-5-3-4-1/h6-7H,1-5H2;5-6H,1-4H2;4-5H,1-3H2;1,5H,2-3H2. The van der Waals surface area contributed by atoms with E-state index >= 15 is 0 Å². The molecular weight excluding hydrogens is 292 g/mol. The fourth-order valence-corrected chi connectivity index (χ4v) is 2.13. The van der Waals surface area contributed by atoms with E-state index in [9.17, 15) is 0 Å². The minimum Gasteiger partial charge on any atom is -0.315 e. The maximum absolute atomic E-state index is 3.85. The van der Waals surface area contributed by atoms with Crippen LogP contribution in [0.5, 0.6) is 0 Å². The Morgan fingerprint density at radius 3 is 1.26 bits per heavy atom. The van der Waals surface area contributed by atoms with Crippen molar-refractivity contribution in [1.82, 2.24) is 37.2 Å². The van der Waals surface area contributed by atoms with Gasteiger partial charge in [-0.15, -0.1) is 0 Å². The van der Waals surface area contributed by atoms with Gasteiger partial charge in [-0.1, -0.05) is 0 Å². The third kappa shape index (κ3) is 16.0. The van der Waals surface area contributed by atoms with E-state index in [1.807, 2.05) is 6.21 Å². The van der Waals surface area contributed by atoms with E-state index in [0.717, 1.165) is 72.2 Å². The van der Waals surface area contributed by atoms with E-state index in [-0.39, 0.29) is 0 Å². The molecule has 0 aromatic carbocycles. The van der Waals surface area contributed by atoms with Gasteiger partial charge in [-0.05, 0) is 19.5 Å². The van der Waals surface area contributed by atoms with Crippen molar-refractivity contribution in [3.05, 3.63) is 0 Å². The van der Waals surface area contributed by atoms with E-state index < -0.39 is 0 Å². The van der Waals surface area contributed by atoms with Crippen LogP contribution in [0, 0.1) is 0 Å². The van der Waals surface area contributed by atoms with Crippen molar-refractivity contribution >= 4 is 6.21 Å². The first kappa shape index (κ1) is 20.4. The highest BCUT2D eigenvalue weighted by Gasteiger charge is 1.93. The summed E-state index contributed by atoms with van der Waals surface area (Å²) in [6, 6.07) is 0. The van der Waals surface area contributed by atoms with E-state index in [1.54, 1.807) is 0 Å². The van der Waals surface area contributed by atoms with Crippen LogP contribution in [0.1, 0.15) is 6.42 Å². The van der Waals surface area contributed by atoms with Gasteiger partial charge in [0, 0.05) is 71.8 Å². The lowest BCUT2D eigenvalue weighted by atomic mass is 10.4. The summed E-state index contributed by atoms with van der Waals surface area (Å²) < 4.78 is 0. The number of piperazine rings is 1. The van der Waals surface area contributed by atoms with Gasteiger partial charge in [-0.3, -0.25) is 10.3 Å². The zero-order valence-electron chi connectivity index (χ0n) is 14.4. The fourth-order valence-electron chi connectivity index (χ4n) is 2.13. The molecule has 0 spiro atoms. The highest BCUT2D eigenvalue weighted by atomic mass is 15.1. The molecule has 8 heteroatoms. The molecule has 4 heterocycles. The van der Waals surface area contributed by atoms with Crippen molar-refractivity contribution < 1.29 is 0 Å². The predicted octanol–water partition coefficient (Wildman–Crippen LogP) is -2.50. The Balaban J connectivity index is 0.000000155. The second-order valence-corrected chi connectivity index (χ2v) is 5.51. The summed E-state index contributed by atoms with van der Waals surface area (Å²) in [5.41, 5.74) is 0. The topological polar surface area (TPSA) is 96.6 Å². The Morgan fingerprint density at radius 1 is 0.522 bits per heavy atom. The molecule has 0 saturated carbocycles. The first-order valence-corrected chi connectivity index (χ1v) is 8.93. The number of nitrogens with one attached hydrogen (secondary N) is 7. The highest BCUT2D eigenvalue weighted by molar-refractivity contribution is 5.61. The number of rotatable bonds is 0. The average Bonchev–Trinajstić information content (AvgIpc) is 3.33. The minimum atomic E-state index is 0.819. The molecular formula is C15H36N8. The van der Waals surface area contributed by atoms with Crippen LogP contribution in [0.4, 0.5) is 0 Å². The van der Waals surface area contributed by atoms with Crippen LogP contribution in [-0.4, -0.2) is 91.5 Å². The molecule has 0 aliphatic carbocycles. The number of aliphatic imine (C=N–C) groups is 1. The maximum atomic E-state index is 3.85. The molecule has 23 heavy (non-hydrogen) atoms. The molecule has 3 fully saturated rings. The van der Waals surface area contributed by atoms with Gasteiger partial charge in [0.05, 0.1) is 6.67 Å². The lowest BCUT2D eigenvalue weighted by molar-refractivity contribution is 0.534. The number of hydrogen-bond acceptors (Lipinski definition) is 8. The smallest absolute Gasteiger partial charge is 0.0883 e. The molecule has 0 atom stereocenters. The van der Waals surface area contributed by atoms with Gasteiger partial charge in [0.2, 0.25) is 0 Å². The van der Waals surface area contributed by atoms with Crippen molar-refractivity contribution in [1.29, 1.82) is 0 Å². The minimum absolute atomic E-state index is 0.819. The Labute approximate surface area is 141 Å². The van der Waals surface area contributed by atoms with Gasteiger partial charge < -0.3 is 31.9 Å². The average molecular weight is 329 g/mol. The molecule has 3 saturated heterocycles. The first-order chi connectivity index (χ1) is 11.5. The molecule has 7 N–H and O–H groups in total. The van der Waals surface area contributed by atoms with Gasteiger partial charge in [-0.25, -0.2) is 0 Å². The summed E-state index contributed by atoms with van der Waals surface area (Å²) >= 11 is 0. The molecule has 0 radical (unpaired) electrons. The van der Waals surface area contributed by atoms with Crippen LogP contribution < -0.4 is 37.2 Å². The molecule has 4 aliphatic heterocycles. The normalized spacial score (nSPS) is 23.3. The summed E-state index contributed by atoms with van der Waals surface area (Å²) in [6.07, 6.45) is 3.15. The Morgan fingerprint density at radius 2 is 1.00 bits per heavy atom. The summed E-state index contributed by atoms with van der Waals surface area (Å²) in [4.78, 5) is 3.85. The zero-order chi connectivity index (χ0) is 16.3. The molecule has 8 nitrogen and oxygen atoms in total. The van der Waals surface area contributed by atoms with Crippen molar-refractivity contribution in [2.24, 2.45) is 4.99 Å². The SMILES string of the molecule is C1=NCNC1.C1CNCCN1.C1CNCCNC1.C1CNCN1.